The second kappa shape index (κ2) is 6.75. The van der Waals surface area contributed by atoms with Gasteiger partial charge in [-0.1, -0.05) is 0 Å². The zero-order valence-corrected chi connectivity index (χ0v) is 12.1. The normalized spacial score (nSPS) is 18.4. The number of aromatic nitrogens is 2. The maximum atomic E-state index is 12.0. The summed E-state index contributed by atoms with van der Waals surface area (Å²) in [5.74, 6) is 0.328. The van der Waals surface area contributed by atoms with E-state index in [0.717, 1.165) is 24.1 Å². The van der Waals surface area contributed by atoms with Crippen molar-refractivity contribution in [3.05, 3.63) is 35.5 Å². The Morgan fingerprint density at radius 1 is 1.33 bits per heavy atom. The van der Waals surface area contributed by atoms with Crippen LogP contribution in [0.2, 0.25) is 0 Å². The maximum absolute atomic E-state index is 12.0. The summed E-state index contributed by atoms with van der Waals surface area (Å²) in [7, 11) is 0. The van der Waals surface area contributed by atoms with E-state index in [2.05, 4.69) is 15.4 Å². The van der Waals surface area contributed by atoms with Crippen molar-refractivity contribution in [1.29, 1.82) is 0 Å². The fourth-order valence-electron chi connectivity index (χ4n) is 1.98. The number of hydrogen-bond acceptors (Lipinski definition) is 6. The van der Waals surface area contributed by atoms with Gasteiger partial charge in [-0.15, -0.1) is 11.3 Å². The highest BCUT2D eigenvalue weighted by atomic mass is 32.1. The molecule has 2 aromatic rings. The average molecular weight is 305 g/mol. The summed E-state index contributed by atoms with van der Waals surface area (Å²) in [6.07, 6.45) is 5.89. The average Bonchev–Trinajstić information content (AvgIpc) is 3.04. The molecule has 1 aliphatic rings. The SMILES string of the molecule is O=C(NOC1CCCCO1)c1ccc(-c2ncccn2)s1. The van der Waals surface area contributed by atoms with Gasteiger partial charge in [-0.2, -0.15) is 0 Å². The topological polar surface area (TPSA) is 73.3 Å². The third-order valence-electron chi connectivity index (χ3n) is 3.04. The number of rotatable bonds is 4. The Morgan fingerprint density at radius 2 is 2.19 bits per heavy atom. The lowest BCUT2D eigenvalue weighted by Crippen LogP contribution is -2.32. The number of carbonyl (C=O) groups excluding carboxylic acids is 1. The van der Waals surface area contributed by atoms with Crippen LogP contribution in [0.4, 0.5) is 0 Å². The number of ether oxygens (including phenoxy) is 1. The number of nitrogens with one attached hydrogen (secondary N) is 1. The molecule has 0 bridgehead atoms. The minimum atomic E-state index is -0.348. The zero-order chi connectivity index (χ0) is 14.5. The molecule has 21 heavy (non-hydrogen) atoms. The molecule has 6 nitrogen and oxygen atoms in total. The van der Waals surface area contributed by atoms with E-state index in [1.807, 2.05) is 6.07 Å². The Hall–Kier alpha value is -1.83. The molecule has 0 radical (unpaired) electrons. The predicted molar refractivity (Wildman–Crippen MR) is 77.5 cm³/mol. The summed E-state index contributed by atoms with van der Waals surface area (Å²) < 4.78 is 5.39. The first-order chi connectivity index (χ1) is 10.3. The molecule has 3 heterocycles. The first kappa shape index (κ1) is 14.1. The van der Waals surface area contributed by atoms with Crippen molar-refractivity contribution in [1.82, 2.24) is 15.4 Å². The van der Waals surface area contributed by atoms with E-state index in [4.69, 9.17) is 9.57 Å². The molecule has 0 spiro atoms. The lowest BCUT2D eigenvalue weighted by atomic mass is 10.2. The van der Waals surface area contributed by atoms with E-state index >= 15 is 0 Å². The lowest BCUT2D eigenvalue weighted by Gasteiger charge is -2.21. The summed E-state index contributed by atoms with van der Waals surface area (Å²) in [5.41, 5.74) is 2.44. The van der Waals surface area contributed by atoms with Crippen molar-refractivity contribution in [3.8, 4) is 10.7 Å². The van der Waals surface area contributed by atoms with Gasteiger partial charge in [0, 0.05) is 25.4 Å². The van der Waals surface area contributed by atoms with Gasteiger partial charge in [0.25, 0.3) is 5.91 Å². The van der Waals surface area contributed by atoms with Gasteiger partial charge in [-0.05, 0) is 31.0 Å². The Labute approximate surface area is 126 Å². The van der Waals surface area contributed by atoms with Gasteiger partial charge in [0.05, 0.1) is 9.75 Å². The fraction of sp³-hybridized carbons (Fsp3) is 0.357. The number of hydroxylamine groups is 1. The molecule has 2 aromatic heterocycles. The summed E-state index contributed by atoms with van der Waals surface area (Å²) >= 11 is 1.32. The molecule has 1 atom stereocenters. The van der Waals surface area contributed by atoms with Crippen molar-refractivity contribution in [2.24, 2.45) is 0 Å². The van der Waals surface area contributed by atoms with Crippen LogP contribution in [0.15, 0.2) is 30.6 Å². The van der Waals surface area contributed by atoms with Gasteiger partial charge < -0.3 is 4.74 Å². The molecule has 0 aromatic carbocycles. The van der Waals surface area contributed by atoms with Gasteiger partial charge in [-0.25, -0.2) is 20.3 Å². The van der Waals surface area contributed by atoms with E-state index in [9.17, 15) is 4.79 Å². The van der Waals surface area contributed by atoms with Crippen LogP contribution >= 0.6 is 11.3 Å². The largest absolute Gasteiger partial charge is 0.350 e. The van der Waals surface area contributed by atoms with E-state index in [1.54, 1.807) is 24.5 Å². The molecule has 1 N–H and O–H groups in total. The summed E-state index contributed by atoms with van der Waals surface area (Å²) in [4.78, 5) is 27.0. The quantitative estimate of drug-likeness (QED) is 0.878. The van der Waals surface area contributed by atoms with E-state index in [1.165, 1.54) is 11.3 Å². The highest BCUT2D eigenvalue weighted by molar-refractivity contribution is 7.17. The van der Waals surface area contributed by atoms with Gasteiger partial charge in [0.15, 0.2) is 12.1 Å². The Kier molecular flexibility index (Phi) is 4.54. The lowest BCUT2D eigenvalue weighted by molar-refractivity contribution is -0.186. The molecule has 1 fully saturated rings. The second-order valence-electron chi connectivity index (χ2n) is 4.58. The first-order valence-electron chi connectivity index (χ1n) is 6.78. The molecule has 3 rings (SSSR count). The first-order valence-corrected chi connectivity index (χ1v) is 7.59. The van der Waals surface area contributed by atoms with Crippen LogP contribution in [0.5, 0.6) is 0 Å². The van der Waals surface area contributed by atoms with Gasteiger partial charge >= 0.3 is 0 Å². The highest BCUT2D eigenvalue weighted by Gasteiger charge is 2.17. The van der Waals surface area contributed by atoms with Crippen LogP contribution in [0, 0.1) is 0 Å². The minimum Gasteiger partial charge on any atom is -0.350 e. The van der Waals surface area contributed by atoms with Crippen LogP contribution in [-0.4, -0.2) is 28.8 Å². The molecule has 7 heteroatoms. The highest BCUT2D eigenvalue weighted by Crippen LogP contribution is 2.24. The number of thiophene rings is 1. The van der Waals surface area contributed by atoms with Crippen molar-refractivity contribution >= 4 is 17.2 Å². The molecule has 1 unspecified atom stereocenters. The van der Waals surface area contributed by atoms with Gasteiger partial charge in [-0.3, -0.25) is 4.79 Å². The Balaban J connectivity index is 1.59. The van der Waals surface area contributed by atoms with Crippen LogP contribution in [0.25, 0.3) is 10.7 Å². The van der Waals surface area contributed by atoms with Crippen molar-refractivity contribution in [2.75, 3.05) is 6.61 Å². The molecule has 0 saturated carbocycles. The molecule has 110 valence electrons. The number of carbonyl (C=O) groups is 1. The van der Waals surface area contributed by atoms with Crippen LogP contribution in [-0.2, 0) is 9.57 Å². The van der Waals surface area contributed by atoms with Crippen molar-refractivity contribution in [2.45, 2.75) is 25.6 Å². The fourth-order valence-corrected chi connectivity index (χ4v) is 2.82. The molecular weight excluding hydrogens is 290 g/mol. The van der Waals surface area contributed by atoms with E-state index in [0.29, 0.717) is 17.3 Å². The molecule has 1 aliphatic heterocycles. The second-order valence-corrected chi connectivity index (χ2v) is 5.67. The molecule has 1 amide bonds. The van der Waals surface area contributed by atoms with Gasteiger partial charge in [0.2, 0.25) is 0 Å². The van der Waals surface area contributed by atoms with Crippen molar-refractivity contribution < 1.29 is 14.4 Å². The summed E-state index contributed by atoms with van der Waals surface area (Å²) in [5, 5.41) is 0. The van der Waals surface area contributed by atoms with Crippen molar-refractivity contribution in [3.63, 3.8) is 0 Å². The molecule has 1 saturated heterocycles. The van der Waals surface area contributed by atoms with Crippen LogP contribution < -0.4 is 5.48 Å². The van der Waals surface area contributed by atoms with Gasteiger partial charge in [0.1, 0.15) is 0 Å². The number of hydrogen-bond donors (Lipinski definition) is 1. The summed E-state index contributed by atoms with van der Waals surface area (Å²) in [6, 6.07) is 5.31. The predicted octanol–water partition coefficient (Wildman–Crippen LogP) is 2.39. The van der Waals surface area contributed by atoms with Crippen LogP contribution in [0.3, 0.4) is 0 Å². The summed E-state index contributed by atoms with van der Waals surface area (Å²) in [6.45, 7) is 0.676. The Morgan fingerprint density at radius 3 is 2.95 bits per heavy atom. The zero-order valence-electron chi connectivity index (χ0n) is 11.3. The minimum absolute atomic E-state index is 0.281. The third kappa shape index (κ3) is 3.63. The third-order valence-corrected chi connectivity index (χ3v) is 4.12. The van der Waals surface area contributed by atoms with E-state index < -0.39 is 0 Å². The maximum Gasteiger partial charge on any atom is 0.285 e. The monoisotopic (exact) mass is 305 g/mol. The van der Waals surface area contributed by atoms with E-state index in [-0.39, 0.29) is 12.2 Å². The molecule has 0 aliphatic carbocycles. The Bertz CT molecular complexity index is 597. The number of nitrogens with zero attached hydrogens (tertiary/aromatic N) is 2. The molecular formula is C14H15N3O3S. The van der Waals surface area contributed by atoms with Crippen LogP contribution in [0.1, 0.15) is 28.9 Å². The smallest absolute Gasteiger partial charge is 0.285 e. The number of amides is 1. The standard InChI is InChI=1S/C14H15N3O3S/c18-14(17-20-12-4-1-2-9-19-12)11-6-5-10(21-11)13-15-7-3-8-16-13/h3,5-8,12H,1-2,4,9H2,(H,17,18).